The van der Waals surface area contributed by atoms with Crippen molar-refractivity contribution in [3.8, 4) is 11.5 Å². The van der Waals surface area contributed by atoms with E-state index in [4.69, 9.17) is 9.47 Å². The van der Waals surface area contributed by atoms with Crippen LogP contribution in [-0.2, 0) is 4.79 Å². The van der Waals surface area contributed by atoms with E-state index >= 15 is 0 Å². The van der Waals surface area contributed by atoms with Gasteiger partial charge in [-0.3, -0.25) is 4.79 Å². The van der Waals surface area contributed by atoms with Gasteiger partial charge in [-0.05, 0) is 49.4 Å². The van der Waals surface area contributed by atoms with Gasteiger partial charge in [0.2, 0.25) is 5.91 Å². The second-order valence-electron chi connectivity index (χ2n) is 7.21. The van der Waals surface area contributed by atoms with Crippen LogP contribution in [0.2, 0.25) is 0 Å². The fourth-order valence-electron chi connectivity index (χ4n) is 3.61. The van der Waals surface area contributed by atoms with E-state index in [0.29, 0.717) is 17.3 Å². The van der Waals surface area contributed by atoms with Crippen LogP contribution in [0.3, 0.4) is 0 Å². The number of rotatable bonds is 9. The number of methoxy groups -OCH3 is 2. The number of amides is 1. The van der Waals surface area contributed by atoms with E-state index in [1.54, 1.807) is 14.2 Å². The van der Waals surface area contributed by atoms with Gasteiger partial charge in [0.05, 0.1) is 20.0 Å². The van der Waals surface area contributed by atoms with Gasteiger partial charge in [-0.2, -0.15) is 0 Å². The molecule has 2 rings (SSSR count). The maximum Gasteiger partial charge on any atom is 0.230 e. The first-order chi connectivity index (χ1) is 12.5. The number of thioether (sulfide) groups is 1. The molecule has 5 nitrogen and oxygen atoms in total. The van der Waals surface area contributed by atoms with Crippen LogP contribution >= 0.6 is 11.8 Å². The number of carbonyl (C=O) groups excluding carboxylic acids is 1. The van der Waals surface area contributed by atoms with Crippen molar-refractivity contribution < 1.29 is 14.3 Å². The molecule has 0 spiro atoms. The second-order valence-corrected chi connectivity index (χ2v) is 8.26. The van der Waals surface area contributed by atoms with E-state index in [1.165, 1.54) is 31.3 Å². The summed E-state index contributed by atoms with van der Waals surface area (Å²) in [5.74, 6) is 3.43. The van der Waals surface area contributed by atoms with Gasteiger partial charge in [0, 0.05) is 24.5 Å². The number of nitrogens with zero attached hydrogens (tertiary/aromatic N) is 1. The molecule has 1 aromatic rings. The normalized spacial score (nSPS) is 20.6. The minimum Gasteiger partial charge on any atom is -0.493 e. The Balaban J connectivity index is 1.65. The molecule has 2 unspecified atom stereocenters. The number of hydrogen-bond donors (Lipinski definition) is 1. The van der Waals surface area contributed by atoms with Crippen molar-refractivity contribution in [3.63, 3.8) is 0 Å². The number of hydrogen-bond acceptors (Lipinski definition) is 5. The lowest BCUT2D eigenvalue weighted by Gasteiger charge is -2.34. The Morgan fingerprint density at radius 2 is 1.88 bits per heavy atom. The van der Waals surface area contributed by atoms with Crippen molar-refractivity contribution in [2.24, 2.45) is 11.8 Å². The lowest BCUT2D eigenvalue weighted by Crippen LogP contribution is -2.40. The Labute approximate surface area is 161 Å². The lowest BCUT2D eigenvalue weighted by molar-refractivity contribution is -0.118. The minimum absolute atomic E-state index is 0.0742. The van der Waals surface area contributed by atoms with Gasteiger partial charge in [0.15, 0.2) is 11.5 Å². The zero-order chi connectivity index (χ0) is 18.9. The summed E-state index contributed by atoms with van der Waals surface area (Å²) in [6, 6.07) is 5.70. The van der Waals surface area contributed by atoms with Gasteiger partial charge in [0.25, 0.3) is 0 Å². The molecule has 0 radical (unpaired) electrons. The molecule has 0 saturated carbocycles. The number of likely N-dealkylation sites (tertiary alicyclic amines) is 1. The quantitative estimate of drug-likeness (QED) is 0.526. The van der Waals surface area contributed by atoms with E-state index < -0.39 is 0 Å². The highest BCUT2D eigenvalue weighted by molar-refractivity contribution is 8.00. The summed E-state index contributed by atoms with van der Waals surface area (Å²) >= 11 is 1.51. The molecule has 0 bridgehead atoms. The van der Waals surface area contributed by atoms with Crippen molar-refractivity contribution in [2.75, 3.05) is 46.2 Å². The van der Waals surface area contributed by atoms with Crippen LogP contribution in [0.5, 0.6) is 11.5 Å². The Morgan fingerprint density at radius 1 is 1.19 bits per heavy atom. The van der Waals surface area contributed by atoms with Gasteiger partial charge < -0.3 is 19.7 Å². The molecule has 1 heterocycles. The fraction of sp³-hybridized carbons (Fsp3) is 0.650. The number of carbonyl (C=O) groups is 1. The van der Waals surface area contributed by atoms with Crippen molar-refractivity contribution in [2.45, 2.75) is 31.6 Å². The molecule has 1 N–H and O–H groups in total. The van der Waals surface area contributed by atoms with E-state index in [0.717, 1.165) is 36.2 Å². The van der Waals surface area contributed by atoms with E-state index in [1.807, 2.05) is 18.2 Å². The molecule has 1 fully saturated rings. The molecule has 1 saturated heterocycles. The van der Waals surface area contributed by atoms with Crippen molar-refractivity contribution in [3.05, 3.63) is 18.2 Å². The van der Waals surface area contributed by atoms with E-state index in [9.17, 15) is 4.79 Å². The van der Waals surface area contributed by atoms with Crippen molar-refractivity contribution in [1.82, 2.24) is 10.2 Å². The lowest BCUT2D eigenvalue weighted by atomic mass is 9.92. The fourth-order valence-corrected chi connectivity index (χ4v) is 4.37. The molecule has 1 aromatic carbocycles. The summed E-state index contributed by atoms with van der Waals surface area (Å²) in [6.45, 7) is 8.84. The summed E-state index contributed by atoms with van der Waals surface area (Å²) < 4.78 is 10.5. The SMILES string of the molecule is COc1ccc(SCC(=O)NCCCN2CC(C)CC(C)C2)cc1OC. The maximum absolute atomic E-state index is 12.0. The van der Waals surface area contributed by atoms with Crippen LogP contribution in [0.4, 0.5) is 0 Å². The Kier molecular flexibility index (Phi) is 8.59. The van der Waals surface area contributed by atoms with Gasteiger partial charge >= 0.3 is 0 Å². The summed E-state index contributed by atoms with van der Waals surface area (Å²) in [5, 5.41) is 3.02. The average molecular weight is 381 g/mol. The van der Waals surface area contributed by atoms with E-state index in [-0.39, 0.29) is 5.91 Å². The highest BCUT2D eigenvalue weighted by Crippen LogP contribution is 2.31. The smallest absolute Gasteiger partial charge is 0.230 e. The van der Waals surface area contributed by atoms with E-state index in [2.05, 4.69) is 24.1 Å². The highest BCUT2D eigenvalue weighted by Gasteiger charge is 2.21. The van der Waals surface area contributed by atoms with Gasteiger partial charge in [-0.25, -0.2) is 0 Å². The molecular weight excluding hydrogens is 348 g/mol. The summed E-state index contributed by atoms with van der Waals surface area (Å²) in [4.78, 5) is 15.6. The summed E-state index contributed by atoms with van der Waals surface area (Å²) in [5.41, 5.74) is 0. The van der Waals surface area contributed by atoms with Gasteiger partial charge in [-0.1, -0.05) is 13.8 Å². The second kappa shape index (κ2) is 10.7. The average Bonchev–Trinajstić information content (AvgIpc) is 2.62. The number of ether oxygens (including phenoxy) is 2. The Morgan fingerprint density at radius 3 is 2.54 bits per heavy atom. The first-order valence-corrected chi connectivity index (χ1v) is 10.3. The van der Waals surface area contributed by atoms with Crippen LogP contribution < -0.4 is 14.8 Å². The molecular formula is C20H32N2O3S. The molecule has 1 aliphatic heterocycles. The molecule has 1 amide bonds. The first kappa shape index (κ1) is 20.9. The standard InChI is InChI=1S/C20H32N2O3S/c1-15-10-16(2)13-22(12-15)9-5-8-21-20(23)14-26-17-6-7-18(24-3)19(11-17)25-4/h6-7,11,15-16H,5,8-10,12-14H2,1-4H3,(H,21,23). The molecule has 1 aliphatic rings. The van der Waals surface area contributed by atoms with Crippen LogP contribution in [0.25, 0.3) is 0 Å². The zero-order valence-electron chi connectivity index (χ0n) is 16.4. The van der Waals surface area contributed by atoms with Crippen molar-refractivity contribution in [1.29, 1.82) is 0 Å². The predicted molar refractivity (Wildman–Crippen MR) is 107 cm³/mol. The number of nitrogens with one attached hydrogen (secondary N) is 1. The minimum atomic E-state index is 0.0742. The summed E-state index contributed by atoms with van der Waals surface area (Å²) in [6.07, 6.45) is 2.34. The molecule has 26 heavy (non-hydrogen) atoms. The van der Waals surface area contributed by atoms with Crippen molar-refractivity contribution >= 4 is 17.7 Å². The third-order valence-corrected chi connectivity index (χ3v) is 5.64. The molecule has 0 aromatic heterocycles. The maximum atomic E-state index is 12.0. The van der Waals surface area contributed by atoms with Gasteiger partial charge in [-0.15, -0.1) is 11.8 Å². The molecule has 146 valence electrons. The first-order valence-electron chi connectivity index (χ1n) is 9.35. The largest absolute Gasteiger partial charge is 0.493 e. The van der Waals surface area contributed by atoms with Gasteiger partial charge in [0.1, 0.15) is 0 Å². The van der Waals surface area contributed by atoms with Crippen LogP contribution in [0.15, 0.2) is 23.1 Å². The Bertz CT molecular complexity index is 572. The number of piperidine rings is 1. The van der Waals surface area contributed by atoms with Crippen LogP contribution in [0, 0.1) is 11.8 Å². The number of benzene rings is 1. The van der Waals surface area contributed by atoms with Crippen LogP contribution in [-0.4, -0.2) is 57.0 Å². The third-order valence-electron chi connectivity index (χ3n) is 4.64. The predicted octanol–water partition coefficient (Wildman–Crippen LogP) is 3.28. The zero-order valence-corrected chi connectivity index (χ0v) is 17.2. The topological polar surface area (TPSA) is 50.8 Å². The highest BCUT2D eigenvalue weighted by atomic mass is 32.2. The summed E-state index contributed by atoms with van der Waals surface area (Å²) in [7, 11) is 3.23. The molecule has 6 heteroatoms. The Hall–Kier alpha value is -1.40. The molecule has 2 atom stereocenters. The monoisotopic (exact) mass is 380 g/mol. The van der Waals surface area contributed by atoms with Crippen LogP contribution in [0.1, 0.15) is 26.7 Å². The molecule has 0 aliphatic carbocycles. The third kappa shape index (κ3) is 6.72.